The molecule has 31 heavy (non-hydrogen) atoms. The van der Waals surface area contributed by atoms with Crippen LogP contribution in [0.5, 0.6) is 5.75 Å². The number of nitrogens with one attached hydrogen (secondary N) is 2. The minimum absolute atomic E-state index is 0.0414. The number of alkyl halides is 5. The fraction of sp³-hybridized carbons (Fsp3) is 0.421. The van der Waals surface area contributed by atoms with Crippen LogP contribution in [0.2, 0.25) is 5.02 Å². The van der Waals surface area contributed by atoms with Gasteiger partial charge in [-0.1, -0.05) is 11.6 Å². The molecule has 1 aliphatic carbocycles. The molecule has 5 nitrogen and oxygen atoms in total. The molecule has 0 spiro atoms. The second-order valence-electron chi connectivity index (χ2n) is 7.01. The molecule has 2 aliphatic rings. The van der Waals surface area contributed by atoms with Gasteiger partial charge in [0, 0.05) is 25.3 Å². The van der Waals surface area contributed by atoms with Crippen LogP contribution in [0.15, 0.2) is 36.3 Å². The Bertz CT molecular complexity index is 897. The highest BCUT2D eigenvalue weighted by molar-refractivity contribution is 7.96. The molecule has 2 N–H and O–H groups in total. The standard InChI is InChI=1S/C19H19ClF5N3O2S/c1-31-28-10-11(4-7-26-28)27-17(29)13-8-15(20)14(19(23,24)25)9-16(13)30-12-2-5-18(21,22)6-3-12/h4,7-10,12,26H,2-3,5-6H2,1H3,(H,27,29). The van der Waals surface area contributed by atoms with Gasteiger partial charge in [-0.15, -0.1) is 0 Å². The SMILES string of the molecule is CSN1C=C(NC(=O)c2cc(Cl)c(C(F)(F)F)cc2OC2CCC(F)(F)CC2)C=CN1. The molecule has 1 fully saturated rings. The Morgan fingerprint density at radius 2 is 2.00 bits per heavy atom. The summed E-state index contributed by atoms with van der Waals surface area (Å²) < 4.78 is 74.0. The van der Waals surface area contributed by atoms with Crippen LogP contribution in [0.25, 0.3) is 0 Å². The number of allylic oxidation sites excluding steroid dienone is 1. The largest absolute Gasteiger partial charge is 0.490 e. The van der Waals surface area contributed by atoms with E-state index < -0.39 is 47.5 Å². The van der Waals surface area contributed by atoms with E-state index in [9.17, 15) is 26.7 Å². The molecular formula is C19H19ClF5N3O2S. The zero-order valence-electron chi connectivity index (χ0n) is 16.2. The van der Waals surface area contributed by atoms with Gasteiger partial charge in [0.05, 0.1) is 34.2 Å². The summed E-state index contributed by atoms with van der Waals surface area (Å²) in [6, 6.07) is 1.52. The predicted octanol–water partition coefficient (Wildman–Crippen LogP) is 5.50. The Morgan fingerprint density at radius 1 is 1.32 bits per heavy atom. The molecule has 1 aliphatic heterocycles. The van der Waals surface area contributed by atoms with Gasteiger partial charge < -0.3 is 10.1 Å². The van der Waals surface area contributed by atoms with Crippen molar-refractivity contribution >= 4 is 29.5 Å². The first-order valence-electron chi connectivity index (χ1n) is 9.23. The van der Waals surface area contributed by atoms with Gasteiger partial charge in [0.1, 0.15) is 5.75 Å². The highest BCUT2D eigenvalue weighted by Gasteiger charge is 2.38. The lowest BCUT2D eigenvalue weighted by atomic mass is 9.94. The second kappa shape index (κ2) is 9.15. The summed E-state index contributed by atoms with van der Waals surface area (Å²) in [7, 11) is 0. The van der Waals surface area contributed by atoms with Gasteiger partial charge in [-0.2, -0.15) is 13.2 Å². The molecule has 0 radical (unpaired) electrons. The first-order chi connectivity index (χ1) is 14.5. The molecule has 1 aromatic carbocycles. The van der Waals surface area contributed by atoms with Gasteiger partial charge in [0.15, 0.2) is 0 Å². The van der Waals surface area contributed by atoms with Crippen LogP contribution in [0.3, 0.4) is 0 Å². The highest BCUT2D eigenvalue weighted by atomic mass is 35.5. The van der Waals surface area contributed by atoms with Crippen molar-refractivity contribution in [3.05, 3.63) is 52.5 Å². The summed E-state index contributed by atoms with van der Waals surface area (Å²) in [4.78, 5) is 12.8. The van der Waals surface area contributed by atoms with E-state index in [0.29, 0.717) is 11.8 Å². The second-order valence-corrected chi connectivity index (χ2v) is 8.17. The van der Waals surface area contributed by atoms with Crippen molar-refractivity contribution in [2.45, 2.75) is 43.9 Å². The number of hydrogen-bond donors (Lipinski definition) is 2. The number of hydrogen-bond acceptors (Lipinski definition) is 5. The zero-order chi connectivity index (χ0) is 22.8. The zero-order valence-corrected chi connectivity index (χ0v) is 17.8. The molecule has 170 valence electrons. The van der Waals surface area contributed by atoms with E-state index >= 15 is 0 Å². The maximum Gasteiger partial charge on any atom is 0.417 e. The first-order valence-corrected chi connectivity index (χ1v) is 10.8. The number of carbonyl (C=O) groups is 1. The predicted molar refractivity (Wildman–Crippen MR) is 107 cm³/mol. The van der Waals surface area contributed by atoms with E-state index in [1.54, 1.807) is 29.1 Å². The topological polar surface area (TPSA) is 53.6 Å². The van der Waals surface area contributed by atoms with Gasteiger partial charge in [-0.3, -0.25) is 10.2 Å². The fourth-order valence-corrected chi connectivity index (χ4v) is 3.80. The van der Waals surface area contributed by atoms with E-state index in [1.807, 2.05) is 0 Å². The van der Waals surface area contributed by atoms with Crippen LogP contribution < -0.4 is 15.5 Å². The van der Waals surface area contributed by atoms with Gasteiger partial charge in [-0.25, -0.2) is 13.2 Å². The molecule has 0 saturated heterocycles. The average molecular weight is 484 g/mol. The quantitative estimate of drug-likeness (QED) is 0.428. The Kier molecular flexibility index (Phi) is 6.95. The molecule has 0 unspecified atom stereocenters. The van der Waals surface area contributed by atoms with E-state index in [-0.39, 0.29) is 24.2 Å². The number of ether oxygens (including phenoxy) is 1. The van der Waals surface area contributed by atoms with Gasteiger partial charge in [0.2, 0.25) is 5.92 Å². The van der Waals surface area contributed by atoms with Crippen LogP contribution in [0.1, 0.15) is 41.6 Å². The Morgan fingerprint density at radius 3 is 2.61 bits per heavy atom. The molecule has 1 heterocycles. The van der Waals surface area contributed by atoms with Crippen molar-refractivity contribution in [3.63, 3.8) is 0 Å². The molecule has 0 atom stereocenters. The summed E-state index contributed by atoms with van der Waals surface area (Å²) >= 11 is 7.11. The van der Waals surface area contributed by atoms with Crippen molar-refractivity contribution in [1.29, 1.82) is 0 Å². The van der Waals surface area contributed by atoms with Gasteiger partial charge in [0.25, 0.3) is 5.91 Å². The van der Waals surface area contributed by atoms with Crippen LogP contribution in [-0.4, -0.2) is 28.6 Å². The minimum atomic E-state index is -4.77. The third-order valence-corrected chi connectivity index (χ3v) is 5.67. The number of rotatable bonds is 5. The summed E-state index contributed by atoms with van der Waals surface area (Å²) in [6.07, 6.45) is 0.00511. The first kappa shape index (κ1) is 23.5. The number of carbonyl (C=O) groups excluding carboxylic acids is 1. The van der Waals surface area contributed by atoms with Crippen molar-refractivity contribution < 1.29 is 31.5 Å². The van der Waals surface area contributed by atoms with Crippen LogP contribution in [0.4, 0.5) is 22.0 Å². The number of hydrazine groups is 1. The van der Waals surface area contributed by atoms with Crippen molar-refractivity contribution in [1.82, 2.24) is 15.2 Å². The number of nitrogens with zero attached hydrogens (tertiary/aromatic N) is 1. The van der Waals surface area contributed by atoms with Gasteiger partial charge >= 0.3 is 6.18 Å². The molecule has 12 heteroatoms. The van der Waals surface area contributed by atoms with Crippen LogP contribution in [-0.2, 0) is 6.18 Å². The molecule has 0 bridgehead atoms. The molecule has 0 aromatic heterocycles. The van der Waals surface area contributed by atoms with Crippen LogP contribution in [0, 0.1) is 0 Å². The van der Waals surface area contributed by atoms with Crippen molar-refractivity contribution in [3.8, 4) is 5.75 Å². The Balaban J connectivity index is 1.89. The third kappa shape index (κ3) is 5.97. The maximum absolute atomic E-state index is 13.4. The summed E-state index contributed by atoms with van der Waals surface area (Å²) in [5, 5.41) is 1.91. The fourth-order valence-electron chi connectivity index (χ4n) is 3.14. The molecular weight excluding hydrogens is 465 g/mol. The summed E-state index contributed by atoms with van der Waals surface area (Å²) in [6.45, 7) is 0. The number of halogens is 6. The molecule has 1 amide bonds. The molecule has 1 saturated carbocycles. The Labute approximate surface area is 184 Å². The lowest BCUT2D eigenvalue weighted by molar-refractivity contribution is -0.137. The van der Waals surface area contributed by atoms with E-state index in [4.69, 9.17) is 16.3 Å². The lowest BCUT2D eigenvalue weighted by Gasteiger charge is -2.29. The molecule has 3 rings (SSSR count). The van der Waals surface area contributed by atoms with E-state index in [0.717, 1.165) is 6.07 Å². The number of amides is 1. The van der Waals surface area contributed by atoms with Crippen LogP contribution >= 0.6 is 23.5 Å². The third-order valence-electron chi connectivity index (χ3n) is 4.75. The highest BCUT2D eigenvalue weighted by Crippen LogP contribution is 2.40. The average Bonchev–Trinajstić information content (AvgIpc) is 2.69. The monoisotopic (exact) mass is 483 g/mol. The van der Waals surface area contributed by atoms with E-state index in [1.165, 1.54) is 11.9 Å². The van der Waals surface area contributed by atoms with Crippen molar-refractivity contribution in [2.24, 2.45) is 0 Å². The van der Waals surface area contributed by atoms with Gasteiger partial charge in [-0.05, 0) is 43.0 Å². The molecule has 1 aromatic rings. The Hall–Kier alpha value is -2.14. The summed E-state index contributed by atoms with van der Waals surface area (Å²) in [5.74, 6) is -3.93. The maximum atomic E-state index is 13.4. The summed E-state index contributed by atoms with van der Waals surface area (Å²) in [5.41, 5.74) is 1.85. The lowest BCUT2D eigenvalue weighted by Crippen LogP contribution is -2.32. The normalized spacial score (nSPS) is 18.9. The van der Waals surface area contributed by atoms with E-state index in [2.05, 4.69) is 10.7 Å². The minimum Gasteiger partial charge on any atom is -0.490 e. The number of benzene rings is 1. The smallest absolute Gasteiger partial charge is 0.417 e. The van der Waals surface area contributed by atoms with Crippen molar-refractivity contribution in [2.75, 3.05) is 6.26 Å².